The maximum atomic E-state index is 12.5. The van der Waals surface area contributed by atoms with Crippen molar-refractivity contribution >= 4 is 176 Å². The molecule has 6 N–H and O–H groups in total. The number of hydrogen-bond donors (Lipinski definition) is 6. The Morgan fingerprint density at radius 2 is 0.876 bits per heavy atom. The monoisotopic (exact) mass is 1800 g/mol. The van der Waals surface area contributed by atoms with Crippen LogP contribution in [0.2, 0.25) is 12.1 Å². The SMILES string of the molecule is CCOCC.CCO[Si](O)(CCCCC(O)COCCNC(=O)c1ccc(-c2nc(C(Cl)(Cl)Cl)nc(C(Cl)(Cl)Cl)n2)cc1)OCC.CCO[Si](O)(CCCCC1CO1)OCC.FB(F)F.O=C(NCCO)c1ccc(-c2nc(C(Cl)(Cl)Cl)nc(C(Cl)(Cl)Cl)n2)cc1.[CH3-].[CH3-].[CH3-].[CH3-].[Zr+2].[Zr+2]. The van der Waals surface area contributed by atoms with Crippen molar-refractivity contribution in [3.8, 4) is 22.8 Å². The molecule has 1 fully saturated rings. The Balaban J connectivity index is -0.000000316. The van der Waals surface area contributed by atoms with Gasteiger partial charge in [-0.1, -0.05) is 176 Å². The zero-order valence-corrected chi connectivity index (χ0v) is 71.3. The van der Waals surface area contributed by atoms with E-state index in [0.717, 1.165) is 39.1 Å². The molecule has 0 radical (unpaired) electrons. The molecule has 2 aromatic carbocycles. The molecule has 0 spiro atoms. The Labute approximate surface area is 670 Å². The number of halogens is 15. The minimum absolute atomic E-state index is 0. The van der Waals surface area contributed by atoms with Crippen molar-refractivity contribution in [2.45, 2.75) is 120 Å². The average molecular weight is 1810 g/mol. The van der Waals surface area contributed by atoms with Crippen molar-refractivity contribution in [2.75, 3.05) is 79.2 Å². The van der Waals surface area contributed by atoms with Gasteiger partial charge in [-0.25, -0.2) is 29.9 Å². The number of hydrogen-bond acceptors (Lipinski definition) is 19. The Bertz CT molecular complexity index is 2630. The van der Waals surface area contributed by atoms with Crippen molar-refractivity contribution in [3.63, 3.8) is 0 Å². The van der Waals surface area contributed by atoms with Crippen LogP contribution in [0, 0.1) is 29.7 Å². The third-order valence-electron chi connectivity index (χ3n) is 11.2. The van der Waals surface area contributed by atoms with Crippen LogP contribution < -0.4 is 10.6 Å². The smallest absolute Gasteiger partial charge is 0.395 e. The number of carbonyl (C=O) groups excluding carboxylic acids is 2. The first-order valence-corrected chi connectivity index (χ1v) is 36.6. The first-order valence-electron chi connectivity index (χ1n) is 28.1. The van der Waals surface area contributed by atoms with Gasteiger partial charge in [-0.2, -0.15) is 0 Å². The second kappa shape index (κ2) is 56.8. The average Bonchev–Trinajstić information content (AvgIpc) is 1.13. The van der Waals surface area contributed by atoms with E-state index in [1.807, 2.05) is 41.5 Å². The Kier molecular flexibility index (Phi) is 63.5. The fourth-order valence-electron chi connectivity index (χ4n) is 7.13. The van der Waals surface area contributed by atoms with Gasteiger partial charge in [-0.15, -0.1) is 0 Å². The minimum Gasteiger partial charge on any atom is -0.395 e. The van der Waals surface area contributed by atoms with E-state index in [9.17, 15) is 37.2 Å². The van der Waals surface area contributed by atoms with E-state index in [0.29, 0.717) is 86.1 Å². The molecule has 2 aromatic heterocycles. The number of alkyl halides is 12. The summed E-state index contributed by atoms with van der Waals surface area (Å²) in [6.45, 7) is 16.4. The van der Waals surface area contributed by atoms with Crippen LogP contribution in [-0.4, -0.2) is 178 Å². The fourth-order valence-corrected chi connectivity index (χ4v) is 12.1. The molecule has 2 amide bonds. The number of nitrogens with zero attached hydrogens (tertiary/aromatic N) is 6. The van der Waals surface area contributed by atoms with Gasteiger partial charge in [-0.3, -0.25) is 22.5 Å². The number of aromatic nitrogens is 6. The summed E-state index contributed by atoms with van der Waals surface area (Å²) in [5.74, 6) is -1.36. The standard InChI is InChI=1S/C24H32Cl6N4O6Si.C14H10Cl6N4O2.C10H22O4Si.C4H10O.4CH3.BF3.2Zr/c1-3-39-41(37,40-4-2)14-6-5-7-18(35)15-38-13-12-31-20(36)17-10-8-16(9-11-17)19-32-21(23(25,26)27)34-22(33-19)24(28,29)30;15-13(16,17)11-22-9(23-12(24-11)14(18,19)20)7-1-3-8(4-2-7)10(26)21-5-6-25;1-3-13-15(11,14-4-2)8-6-5-7-10-9-12-10;1-3-5-4-2;;;;;2-1(3)4;;/h8-11,18,35,37H,3-7,12-15H2,1-2H3,(H,31,36);1-4,25H,5-6H2,(H,21,26);10-11H,3-9H2,1-2H3;3-4H2,1-2H3;4*1H3;;;/q;;;;4*-1;;2*+2. The summed E-state index contributed by atoms with van der Waals surface area (Å²) in [5, 5.41) is 24.1. The number of amides is 2. The van der Waals surface area contributed by atoms with Gasteiger partial charge in [0.2, 0.25) is 15.2 Å². The van der Waals surface area contributed by atoms with Crippen LogP contribution in [0.1, 0.15) is 124 Å². The zero-order valence-electron chi connectivity index (χ0n) is 55.3. The molecular formula is C56H86BCl12F3N8O13Si2Zr2. The maximum Gasteiger partial charge on any atom is 2.00 e. The summed E-state index contributed by atoms with van der Waals surface area (Å²) in [7, 11) is -9.63. The largest absolute Gasteiger partial charge is 2.00 e. The molecule has 5 rings (SSSR count). The number of nitrogens with one attached hydrogen (secondary N) is 2. The van der Waals surface area contributed by atoms with Gasteiger partial charge in [-0.05, 0) is 91.5 Å². The van der Waals surface area contributed by atoms with E-state index >= 15 is 0 Å². The Morgan fingerprint density at radius 1 is 0.557 bits per heavy atom. The molecule has 21 nitrogen and oxygen atoms in total. The summed E-state index contributed by atoms with van der Waals surface area (Å²) in [4.78, 5) is 69.1. The number of ether oxygens (including phenoxy) is 3. The van der Waals surface area contributed by atoms with Gasteiger partial charge in [0.05, 0.1) is 38.6 Å². The van der Waals surface area contributed by atoms with Gasteiger partial charge >= 0.3 is 77.6 Å². The van der Waals surface area contributed by atoms with E-state index in [1.54, 1.807) is 36.4 Å². The van der Waals surface area contributed by atoms with Gasteiger partial charge in [0, 0.05) is 87.1 Å². The van der Waals surface area contributed by atoms with Gasteiger partial charge in [0.1, 0.15) is 0 Å². The van der Waals surface area contributed by atoms with Crippen LogP contribution in [0.4, 0.5) is 12.9 Å². The summed E-state index contributed by atoms with van der Waals surface area (Å²) in [6, 6.07) is 13.6. The summed E-state index contributed by atoms with van der Waals surface area (Å²) in [5.41, 5.74) is 1.69. The number of epoxide rings is 1. The molecule has 1 aliphatic heterocycles. The van der Waals surface area contributed by atoms with Crippen molar-refractivity contribution in [1.29, 1.82) is 0 Å². The van der Waals surface area contributed by atoms with Crippen molar-refractivity contribution in [2.24, 2.45) is 0 Å². The van der Waals surface area contributed by atoms with Gasteiger partial charge < -0.3 is 92.1 Å². The third-order valence-corrected chi connectivity index (χ3v) is 18.1. The summed E-state index contributed by atoms with van der Waals surface area (Å²) < 4.78 is 58.0. The zero-order chi connectivity index (χ0) is 69.1. The molecular weight excluding hydrogens is 1720 g/mol. The molecule has 2 unspecified atom stereocenters. The van der Waals surface area contributed by atoms with Crippen molar-refractivity contribution < 1.29 is 127 Å². The number of unbranched alkanes of at least 4 members (excludes halogenated alkanes) is 2. The molecule has 4 aromatic rings. The number of carbonyl (C=O) groups is 2. The van der Waals surface area contributed by atoms with Crippen LogP contribution >= 0.6 is 139 Å². The number of aliphatic hydroxyl groups is 2. The second-order valence-corrected chi connectivity index (χ2v) is 32.5. The van der Waals surface area contributed by atoms with E-state index in [2.05, 4.69) is 40.5 Å². The van der Waals surface area contributed by atoms with Crippen molar-refractivity contribution in [3.05, 3.63) is 113 Å². The first kappa shape index (κ1) is 108. The molecule has 0 bridgehead atoms. The third kappa shape index (κ3) is 48.3. The van der Waals surface area contributed by atoms with Crippen LogP contribution in [-0.2, 0) is 99.5 Å². The number of benzene rings is 2. The molecule has 0 aliphatic carbocycles. The summed E-state index contributed by atoms with van der Waals surface area (Å²) >= 11 is 70.5. The van der Waals surface area contributed by atoms with Gasteiger partial charge in [0.15, 0.2) is 34.9 Å². The molecule has 41 heteroatoms. The molecule has 0 saturated carbocycles. The predicted octanol–water partition coefficient (Wildman–Crippen LogP) is 14.7. The molecule has 2 atom stereocenters. The van der Waals surface area contributed by atoms with Gasteiger partial charge in [0.25, 0.3) is 11.8 Å². The second-order valence-electron chi connectivity index (χ2n) is 18.4. The number of aliphatic hydroxyl groups excluding tert-OH is 2. The summed E-state index contributed by atoms with van der Waals surface area (Å²) in [6.07, 6.45) is 4.84. The maximum absolute atomic E-state index is 12.5. The van der Waals surface area contributed by atoms with Crippen molar-refractivity contribution in [1.82, 2.24) is 40.5 Å². The normalized spacial score (nSPS) is 12.8. The quantitative estimate of drug-likeness (QED) is 0.00897. The van der Waals surface area contributed by atoms with E-state index in [4.69, 9.17) is 176 Å². The molecule has 552 valence electrons. The fraction of sp³-hybridized carbons (Fsp3) is 0.571. The Hall–Kier alpha value is 0.495. The topological polar surface area (TPSA) is 284 Å². The van der Waals surface area contributed by atoms with E-state index in [-0.39, 0.29) is 162 Å². The van der Waals surface area contributed by atoms with E-state index in [1.165, 1.54) is 12.1 Å². The van der Waals surface area contributed by atoms with Crippen LogP contribution in [0.5, 0.6) is 0 Å². The molecule has 3 heterocycles. The van der Waals surface area contributed by atoms with E-state index < -0.39 is 46.4 Å². The van der Waals surface area contributed by atoms with Crippen LogP contribution in [0.3, 0.4) is 0 Å². The number of rotatable bonds is 31. The predicted molar refractivity (Wildman–Crippen MR) is 382 cm³/mol. The first-order chi connectivity index (χ1) is 42.5. The molecule has 97 heavy (non-hydrogen) atoms. The Morgan fingerprint density at radius 3 is 1.15 bits per heavy atom. The minimum atomic E-state index is -3.67. The molecule has 1 saturated heterocycles. The van der Waals surface area contributed by atoms with Crippen LogP contribution in [0.25, 0.3) is 22.8 Å². The van der Waals surface area contributed by atoms with Crippen LogP contribution in [0.15, 0.2) is 48.5 Å². The molecule has 1 aliphatic rings.